The van der Waals surface area contributed by atoms with E-state index in [-0.39, 0.29) is 0 Å². The van der Waals surface area contributed by atoms with E-state index < -0.39 is 0 Å². The van der Waals surface area contributed by atoms with E-state index in [1.807, 2.05) is 0 Å². The third-order valence-corrected chi connectivity index (χ3v) is 3.31. The van der Waals surface area contributed by atoms with Crippen molar-refractivity contribution in [2.75, 3.05) is 0 Å². The van der Waals surface area contributed by atoms with Gasteiger partial charge in [-0.1, -0.05) is 13.8 Å². The van der Waals surface area contributed by atoms with Gasteiger partial charge in [-0.3, -0.25) is 4.79 Å². The van der Waals surface area contributed by atoms with Gasteiger partial charge in [0, 0.05) is 18.0 Å². The maximum atomic E-state index is 12.0. The summed E-state index contributed by atoms with van der Waals surface area (Å²) < 4.78 is 0. The van der Waals surface area contributed by atoms with E-state index in [2.05, 4.69) is 32.6 Å². The molecule has 0 radical (unpaired) electrons. The number of hydrogen-bond donors (Lipinski definition) is 0. The molecule has 0 heterocycles. The fraction of sp³-hybridized carbons (Fsp3) is 0.917. The monoisotopic (exact) mass is 197 g/mol. The van der Waals surface area contributed by atoms with Crippen molar-refractivity contribution in [3.63, 3.8) is 0 Å². The highest BCUT2D eigenvalue weighted by Gasteiger charge is 2.36. The molecule has 0 aliphatic heterocycles. The molecule has 1 amide bonds. The lowest BCUT2D eigenvalue weighted by Gasteiger charge is -2.34. The summed E-state index contributed by atoms with van der Waals surface area (Å²) in [6.07, 6.45) is 4.34. The number of carbonyl (C=O) groups is 1. The van der Waals surface area contributed by atoms with Crippen molar-refractivity contribution in [3.05, 3.63) is 0 Å². The van der Waals surface area contributed by atoms with E-state index >= 15 is 0 Å². The highest BCUT2D eigenvalue weighted by Crippen LogP contribution is 2.32. The van der Waals surface area contributed by atoms with E-state index in [0.29, 0.717) is 23.9 Å². The van der Waals surface area contributed by atoms with Crippen LogP contribution in [-0.2, 0) is 4.79 Å². The normalized spacial score (nSPS) is 20.3. The van der Waals surface area contributed by atoms with Gasteiger partial charge in [-0.2, -0.15) is 0 Å². The largest absolute Gasteiger partial charge is 0.337 e. The molecule has 0 aromatic carbocycles. The molecule has 0 bridgehead atoms. The lowest BCUT2D eigenvalue weighted by Crippen LogP contribution is -2.45. The van der Waals surface area contributed by atoms with Crippen molar-refractivity contribution in [3.8, 4) is 0 Å². The van der Waals surface area contributed by atoms with Crippen LogP contribution < -0.4 is 0 Å². The lowest BCUT2D eigenvalue weighted by atomic mass is 10.1. The number of nitrogens with zero attached hydrogens (tertiary/aromatic N) is 1. The molecule has 0 aromatic rings. The first-order valence-electron chi connectivity index (χ1n) is 5.93. The highest BCUT2D eigenvalue weighted by molar-refractivity contribution is 5.81. The van der Waals surface area contributed by atoms with Crippen LogP contribution in [0.1, 0.15) is 53.4 Å². The molecule has 1 aliphatic rings. The van der Waals surface area contributed by atoms with Crippen LogP contribution >= 0.6 is 0 Å². The Kier molecular flexibility index (Phi) is 3.97. The van der Waals surface area contributed by atoms with Gasteiger partial charge in [-0.15, -0.1) is 0 Å². The molecule has 0 spiro atoms. The standard InChI is InChI=1S/C12H23NO/c1-5-9(3)13(10(4)6-2)12(14)11-7-8-11/h9-11H,5-8H2,1-4H3. The van der Waals surface area contributed by atoms with Crippen LogP contribution in [0.15, 0.2) is 0 Å². The van der Waals surface area contributed by atoms with Crippen LogP contribution in [0.3, 0.4) is 0 Å². The number of hydrogen-bond acceptors (Lipinski definition) is 1. The third kappa shape index (κ3) is 2.49. The molecular formula is C12H23NO. The van der Waals surface area contributed by atoms with Gasteiger partial charge in [0.15, 0.2) is 0 Å². The van der Waals surface area contributed by atoms with Crippen LogP contribution in [0, 0.1) is 5.92 Å². The Morgan fingerprint density at radius 2 is 1.64 bits per heavy atom. The number of carbonyl (C=O) groups excluding carboxylic acids is 1. The van der Waals surface area contributed by atoms with Gasteiger partial charge in [0.25, 0.3) is 0 Å². The third-order valence-electron chi connectivity index (χ3n) is 3.31. The van der Waals surface area contributed by atoms with Gasteiger partial charge < -0.3 is 4.90 Å². The van der Waals surface area contributed by atoms with Crippen LogP contribution in [0.25, 0.3) is 0 Å². The van der Waals surface area contributed by atoms with Crippen molar-refractivity contribution in [2.24, 2.45) is 5.92 Å². The number of amides is 1. The zero-order valence-electron chi connectivity index (χ0n) is 9.92. The molecule has 1 rings (SSSR count). The summed E-state index contributed by atoms with van der Waals surface area (Å²) in [7, 11) is 0. The first kappa shape index (κ1) is 11.5. The Balaban J connectivity index is 2.64. The SMILES string of the molecule is CCC(C)N(C(=O)C1CC1)C(C)CC. The summed E-state index contributed by atoms with van der Waals surface area (Å²) in [5, 5.41) is 0. The van der Waals surface area contributed by atoms with Crippen LogP contribution in [0.4, 0.5) is 0 Å². The van der Waals surface area contributed by atoms with Gasteiger partial charge in [0.05, 0.1) is 0 Å². The second kappa shape index (κ2) is 4.81. The molecule has 1 saturated carbocycles. The zero-order valence-corrected chi connectivity index (χ0v) is 9.92. The van der Waals surface area contributed by atoms with Crippen LogP contribution in [0.2, 0.25) is 0 Å². The Hall–Kier alpha value is -0.530. The predicted molar refractivity (Wildman–Crippen MR) is 59.1 cm³/mol. The Labute approximate surface area is 87.7 Å². The van der Waals surface area contributed by atoms with Gasteiger partial charge >= 0.3 is 0 Å². The molecule has 2 nitrogen and oxygen atoms in total. The quantitative estimate of drug-likeness (QED) is 0.663. The zero-order chi connectivity index (χ0) is 10.7. The summed E-state index contributed by atoms with van der Waals surface area (Å²) in [4.78, 5) is 14.1. The van der Waals surface area contributed by atoms with Gasteiger partial charge in [-0.25, -0.2) is 0 Å². The van der Waals surface area contributed by atoms with E-state index in [0.717, 1.165) is 25.7 Å². The van der Waals surface area contributed by atoms with Crippen molar-refractivity contribution < 1.29 is 4.79 Å². The summed E-state index contributed by atoms with van der Waals surface area (Å²) in [5.74, 6) is 0.756. The molecule has 82 valence electrons. The minimum atomic E-state index is 0.359. The van der Waals surface area contributed by atoms with Crippen LogP contribution in [-0.4, -0.2) is 22.9 Å². The molecule has 14 heavy (non-hydrogen) atoms. The maximum Gasteiger partial charge on any atom is 0.226 e. The second-order valence-electron chi connectivity index (χ2n) is 4.53. The molecule has 0 N–H and O–H groups in total. The summed E-state index contributed by atoms with van der Waals surface area (Å²) in [5.41, 5.74) is 0. The van der Waals surface area contributed by atoms with Crippen molar-refractivity contribution in [1.29, 1.82) is 0 Å². The van der Waals surface area contributed by atoms with Crippen LogP contribution in [0.5, 0.6) is 0 Å². The molecule has 2 atom stereocenters. The minimum absolute atomic E-state index is 0.359. The van der Waals surface area contributed by atoms with Gasteiger partial charge in [-0.05, 0) is 39.5 Å². The highest BCUT2D eigenvalue weighted by atomic mass is 16.2. The molecule has 1 aliphatic carbocycles. The van der Waals surface area contributed by atoms with E-state index in [9.17, 15) is 4.79 Å². The average Bonchev–Trinajstić information content (AvgIpc) is 3.00. The molecule has 0 aromatic heterocycles. The predicted octanol–water partition coefficient (Wildman–Crippen LogP) is 2.82. The molecule has 0 saturated heterocycles. The Morgan fingerprint density at radius 1 is 1.21 bits per heavy atom. The maximum absolute atomic E-state index is 12.0. The first-order chi connectivity index (χ1) is 6.61. The summed E-state index contributed by atoms with van der Waals surface area (Å²) in [6.45, 7) is 8.62. The smallest absolute Gasteiger partial charge is 0.226 e. The van der Waals surface area contributed by atoms with E-state index in [1.54, 1.807) is 0 Å². The first-order valence-corrected chi connectivity index (χ1v) is 5.93. The average molecular weight is 197 g/mol. The molecule has 1 fully saturated rings. The van der Waals surface area contributed by atoms with Crippen molar-refractivity contribution in [1.82, 2.24) is 4.90 Å². The lowest BCUT2D eigenvalue weighted by molar-refractivity contribution is -0.137. The van der Waals surface area contributed by atoms with Crippen molar-refractivity contribution >= 4 is 5.91 Å². The Bertz CT molecular complexity index is 188. The fourth-order valence-corrected chi connectivity index (χ4v) is 1.80. The number of rotatable bonds is 5. The van der Waals surface area contributed by atoms with E-state index in [4.69, 9.17) is 0 Å². The fourth-order valence-electron chi connectivity index (χ4n) is 1.80. The summed E-state index contributed by atoms with van der Waals surface area (Å²) >= 11 is 0. The van der Waals surface area contributed by atoms with Crippen molar-refractivity contribution in [2.45, 2.75) is 65.5 Å². The van der Waals surface area contributed by atoms with Gasteiger partial charge in [0.1, 0.15) is 0 Å². The molecule has 2 heteroatoms. The Morgan fingerprint density at radius 3 is 1.93 bits per heavy atom. The topological polar surface area (TPSA) is 20.3 Å². The minimum Gasteiger partial charge on any atom is -0.337 e. The van der Waals surface area contributed by atoms with Gasteiger partial charge in [0.2, 0.25) is 5.91 Å². The second-order valence-corrected chi connectivity index (χ2v) is 4.53. The molecule has 2 unspecified atom stereocenters. The van der Waals surface area contributed by atoms with E-state index in [1.165, 1.54) is 0 Å². The summed E-state index contributed by atoms with van der Waals surface area (Å²) in [6, 6.07) is 0.802. The molecular weight excluding hydrogens is 174 g/mol.